The number of benzene rings is 1. The average molecular weight is 591 g/mol. The standard InChI is InChI=1S/C29H30N6O2S3/c1-15-7-6-8-19(17(15)3)32-23(37)14-38-28-34-33-27(40-28)35-20-11-29(4,5)12-21(36)25(20)24(18(13-30)26(35)31)22-10-9-16(2)39-22/h6-10,24H,11-12,14,31H2,1-5H3,(H,32,37). The topological polar surface area (TPSA) is 125 Å². The van der Waals surface area contributed by atoms with Gasteiger partial charge in [-0.05, 0) is 61.9 Å². The maximum Gasteiger partial charge on any atom is 0.234 e. The van der Waals surface area contributed by atoms with Gasteiger partial charge in [-0.1, -0.05) is 49.1 Å². The summed E-state index contributed by atoms with van der Waals surface area (Å²) in [4.78, 5) is 30.1. The van der Waals surface area contributed by atoms with Gasteiger partial charge < -0.3 is 11.1 Å². The van der Waals surface area contributed by atoms with Gasteiger partial charge in [0.05, 0.1) is 23.3 Å². The van der Waals surface area contributed by atoms with Crippen molar-refractivity contribution in [3.8, 4) is 6.07 Å². The largest absolute Gasteiger partial charge is 0.384 e. The molecule has 0 bridgehead atoms. The number of rotatable bonds is 6. The molecule has 2 aromatic heterocycles. The number of ketones is 1. The summed E-state index contributed by atoms with van der Waals surface area (Å²) >= 11 is 4.14. The lowest BCUT2D eigenvalue weighted by molar-refractivity contribution is -0.118. The van der Waals surface area contributed by atoms with Crippen LogP contribution >= 0.6 is 34.4 Å². The van der Waals surface area contributed by atoms with Gasteiger partial charge in [0.1, 0.15) is 5.82 Å². The molecule has 0 saturated heterocycles. The van der Waals surface area contributed by atoms with Crippen LogP contribution in [0.1, 0.15) is 53.5 Å². The second-order valence-corrected chi connectivity index (χ2v) is 14.4. The van der Waals surface area contributed by atoms with Crippen LogP contribution in [0.3, 0.4) is 0 Å². The number of carbonyl (C=O) groups excluding carboxylic acids is 2. The molecule has 5 rings (SSSR count). The van der Waals surface area contributed by atoms with Crippen LogP contribution in [0.25, 0.3) is 0 Å². The number of aromatic nitrogens is 2. The Morgan fingerprint density at radius 1 is 1.20 bits per heavy atom. The number of carbonyl (C=O) groups is 2. The molecule has 0 radical (unpaired) electrons. The molecule has 1 unspecified atom stereocenters. The number of aryl methyl sites for hydroxylation is 2. The predicted octanol–water partition coefficient (Wildman–Crippen LogP) is 6.20. The number of anilines is 2. The van der Waals surface area contributed by atoms with Crippen LogP contribution in [0.4, 0.5) is 10.8 Å². The molecule has 1 atom stereocenters. The Balaban J connectivity index is 1.45. The number of nitrogens with one attached hydrogen (secondary N) is 1. The van der Waals surface area contributed by atoms with E-state index in [2.05, 4.69) is 35.4 Å². The fraction of sp³-hybridized carbons (Fsp3) is 0.345. The van der Waals surface area contributed by atoms with Crippen LogP contribution < -0.4 is 16.0 Å². The van der Waals surface area contributed by atoms with Crippen LogP contribution in [-0.2, 0) is 9.59 Å². The second kappa shape index (κ2) is 10.8. The third-order valence-corrected chi connectivity index (χ3v) is 10.3. The highest BCUT2D eigenvalue weighted by atomic mass is 32.2. The zero-order valence-electron chi connectivity index (χ0n) is 23.0. The fourth-order valence-corrected chi connectivity index (χ4v) is 7.85. The van der Waals surface area contributed by atoms with Crippen molar-refractivity contribution in [2.75, 3.05) is 16.0 Å². The Labute approximate surface area is 246 Å². The third-order valence-electron chi connectivity index (χ3n) is 7.22. The van der Waals surface area contributed by atoms with Gasteiger partial charge in [-0.3, -0.25) is 14.5 Å². The number of amides is 1. The monoisotopic (exact) mass is 590 g/mol. The molecule has 206 valence electrons. The number of Topliss-reactive ketones (excluding diaryl/α,β-unsaturated/α-hetero) is 1. The van der Waals surface area contributed by atoms with Crippen LogP contribution in [-0.4, -0.2) is 27.6 Å². The summed E-state index contributed by atoms with van der Waals surface area (Å²) in [5, 5.41) is 22.4. The Hall–Kier alpha value is -3.46. The molecular weight excluding hydrogens is 561 g/mol. The summed E-state index contributed by atoms with van der Waals surface area (Å²) < 4.78 is 0.594. The number of hydrogen-bond donors (Lipinski definition) is 2. The lowest BCUT2D eigenvalue weighted by atomic mass is 9.70. The van der Waals surface area contributed by atoms with Crippen LogP contribution in [0.5, 0.6) is 0 Å². The molecule has 3 heterocycles. The normalized spacial score (nSPS) is 18.6. The van der Waals surface area contributed by atoms with Crippen LogP contribution in [0, 0.1) is 37.5 Å². The van der Waals surface area contributed by atoms with Crippen molar-refractivity contribution in [2.24, 2.45) is 11.1 Å². The number of nitriles is 1. The molecule has 1 aliphatic heterocycles. The molecule has 0 spiro atoms. The first-order valence-corrected chi connectivity index (χ1v) is 15.5. The van der Waals surface area contributed by atoms with Crippen molar-refractivity contribution < 1.29 is 9.59 Å². The van der Waals surface area contributed by atoms with Crippen molar-refractivity contribution in [1.29, 1.82) is 5.26 Å². The summed E-state index contributed by atoms with van der Waals surface area (Å²) in [6, 6.07) is 12.1. The SMILES string of the molecule is Cc1ccc(C2C(C#N)=C(N)N(c3nnc(SCC(=O)Nc4cccc(C)c4C)s3)C3=C2C(=O)CC(C)(C)C3)s1. The predicted molar refractivity (Wildman–Crippen MR) is 161 cm³/mol. The number of hydrogen-bond acceptors (Lipinski definition) is 10. The number of thioether (sulfide) groups is 1. The second-order valence-electron chi connectivity index (χ2n) is 10.9. The Morgan fingerprint density at radius 3 is 2.67 bits per heavy atom. The molecule has 40 heavy (non-hydrogen) atoms. The number of nitrogens with two attached hydrogens (primary N) is 1. The van der Waals surface area contributed by atoms with Gasteiger partial charge in [0.25, 0.3) is 0 Å². The van der Waals surface area contributed by atoms with E-state index < -0.39 is 5.92 Å². The Bertz CT molecular complexity index is 1620. The van der Waals surface area contributed by atoms with E-state index in [0.29, 0.717) is 33.5 Å². The maximum atomic E-state index is 13.6. The first kappa shape index (κ1) is 28.1. The minimum absolute atomic E-state index is 0.0229. The maximum absolute atomic E-state index is 13.6. The molecule has 8 nitrogen and oxygen atoms in total. The smallest absolute Gasteiger partial charge is 0.234 e. The van der Waals surface area contributed by atoms with Gasteiger partial charge >= 0.3 is 0 Å². The van der Waals surface area contributed by atoms with E-state index in [4.69, 9.17) is 5.73 Å². The third kappa shape index (κ3) is 5.31. The van der Waals surface area contributed by atoms with E-state index in [1.807, 2.05) is 51.1 Å². The van der Waals surface area contributed by atoms with Crippen LogP contribution in [0.15, 0.2) is 57.3 Å². The van der Waals surface area contributed by atoms with E-state index in [1.54, 1.807) is 16.2 Å². The quantitative estimate of drug-likeness (QED) is 0.325. The Kier molecular flexibility index (Phi) is 7.61. The van der Waals surface area contributed by atoms with Crippen LogP contribution in [0.2, 0.25) is 0 Å². The van der Waals surface area contributed by atoms with E-state index in [-0.39, 0.29) is 28.7 Å². The van der Waals surface area contributed by atoms with Gasteiger partial charge in [-0.15, -0.1) is 21.5 Å². The Morgan fingerprint density at radius 2 is 1.98 bits per heavy atom. The highest BCUT2D eigenvalue weighted by Gasteiger charge is 2.45. The highest BCUT2D eigenvalue weighted by molar-refractivity contribution is 8.01. The number of allylic oxidation sites excluding steroid dienone is 3. The first-order chi connectivity index (χ1) is 19.0. The summed E-state index contributed by atoms with van der Waals surface area (Å²) in [5.41, 5.74) is 11.1. The summed E-state index contributed by atoms with van der Waals surface area (Å²) in [7, 11) is 0. The zero-order chi connectivity index (χ0) is 28.8. The van der Waals surface area contributed by atoms with E-state index in [1.165, 1.54) is 23.1 Å². The minimum atomic E-state index is -0.492. The molecule has 2 aliphatic rings. The molecule has 1 amide bonds. The zero-order valence-corrected chi connectivity index (χ0v) is 25.4. The van der Waals surface area contributed by atoms with Gasteiger partial charge in [0.15, 0.2) is 10.1 Å². The molecule has 11 heteroatoms. The van der Waals surface area contributed by atoms with E-state index >= 15 is 0 Å². The van der Waals surface area contributed by atoms with Crippen molar-refractivity contribution in [3.63, 3.8) is 0 Å². The summed E-state index contributed by atoms with van der Waals surface area (Å²) in [5.74, 6) is -0.180. The highest BCUT2D eigenvalue weighted by Crippen LogP contribution is 2.51. The van der Waals surface area contributed by atoms with Gasteiger partial charge in [0, 0.05) is 33.1 Å². The number of nitrogens with zero attached hydrogens (tertiary/aromatic N) is 4. The molecule has 1 aliphatic carbocycles. The molecule has 1 aromatic carbocycles. The molecule has 3 N–H and O–H groups in total. The van der Waals surface area contributed by atoms with Crippen molar-refractivity contribution in [1.82, 2.24) is 10.2 Å². The summed E-state index contributed by atoms with van der Waals surface area (Å²) in [6.45, 7) is 10.1. The van der Waals surface area contributed by atoms with Gasteiger partial charge in [0.2, 0.25) is 11.0 Å². The summed E-state index contributed by atoms with van der Waals surface area (Å²) in [6.07, 6.45) is 1.00. The molecule has 0 fully saturated rings. The lowest BCUT2D eigenvalue weighted by Crippen LogP contribution is -2.42. The first-order valence-electron chi connectivity index (χ1n) is 12.8. The number of thiophene rings is 1. The van der Waals surface area contributed by atoms with E-state index in [0.717, 1.165) is 32.3 Å². The minimum Gasteiger partial charge on any atom is -0.384 e. The van der Waals surface area contributed by atoms with Gasteiger partial charge in [-0.25, -0.2) is 0 Å². The van der Waals surface area contributed by atoms with Crippen molar-refractivity contribution in [2.45, 2.75) is 57.7 Å². The molecular formula is C29H30N6O2S3. The molecule has 3 aromatic rings. The van der Waals surface area contributed by atoms with E-state index in [9.17, 15) is 14.9 Å². The molecule has 0 saturated carbocycles. The lowest BCUT2D eigenvalue weighted by Gasteiger charge is -2.42. The van der Waals surface area contributed by atoms with Crippen molar-refractivity contribution >= 4 is 56.9 Å². The van der Waals surface area contributed by atoms with Crippen molar-refractivity contribution in [3.05, 3.63) is 73.9 Å². The van der Waals surface area contributed by atoms with Gasteiger partial charge in [-0.2, -0.15) is 5.26 Å². The fourth-order valence-electron chi connectivity index (χ4n) is 5.17. The average Bonchev–Trinajstić information content (AvgIpc) is 3.53.